The predicted molar refractivity (Wildman–Crippen MR) is 93.8 cm³/mol. The van der Waals surface area contributed by atoms with Crippen LogP contribution >= 0.6 is 0 Å². The van der Waals surface area contributed by atoms with Crippen LogP contribution in [0.5, 0.6) is 0 Å². The number of rotatable bonds is 10. The molecule has 0 radical (unpaired) electrons. The van der Waals surface area contributed by atoms with Gasteiger partial charge in [0.2, 0.25) is 5.79 Å². The first-order valence-corrected chi connectivity index (χ1v) is 8.36. The second-order valence-electron chi connectivity index (χ2n) is 8.17. The molecule has 8 nitrogen and oxygen atoms in total. The van der Waals surface area contributed by atoms with Gasteiger partial charge in [0.15, 0.2) is 0 Å². The summed E-state index contributed by atoms with van der Waals surface area (Å²) in [6, 6.07) is 0. The van der Waals surface area contributed by atoms with Crippen LogP contribution in [0, 0.1) is 5.92 Å². The Bertz CT molecular complexity index is 480. The number of esters is 1. The zero-order chi connectivity index (χ0) is 20.8. The minimum Gasteiger partial charge on any atom is -0.481 e. The second kappa shape index (κ2) is 9.45. The van der Waals surface area contributed by atoms with Crippen molar-refractivity contribution in [3.8, 4) is 0 Å². The van der Waals surface area contributed by atoms with E-state index in [1.165, 1.54) is 13.8 Å². The lowest BCUT2D eigenvalue weighted by atomic mass is 9.97. The molecule has 0 heterocycles. The van der Waals surface area contributed by atoms with Crippen LogP contribution in [0.4, 0.5) is 0 Å². The maximum absolute atomic E-state index is 11.8. The van der Waals surface area contributed by atoms with Gasteiger partial charge < -0.3 is 9.84 Å². The van der Waals surface area contributed by atoms with Gasteiger partial charge in [-0.1, -0.05) is 6.58 Å². The molecule has 0 aliphatic carbocycles. The minimum absolute atomic E-state index is 0.0775. The van der Waals surface area contributed by atoms with Crippen LogP contribution in [0.15, 0.2) is 12.2 Å². The highest BCUT2D eigenvalue weighted by atomic mass is 17.3. The number of hydrogen-bond donors (Lipinski definition) is 1. The Kier molecular flexibility index (Phi) is 8.92. The molecule has 0 fully saturated rings. The summed E-state index contributed by atoms with van der Waals surface area (Å²) in [5.74, 6) is -4.82. The van der Waals surface area contributed by atoms with E-state index in [2.05, 4.69) is 6.58 Å². The summed E-state index contributed by atoms with van der Waals surface area (Å²) in [6.45, 7) is 16.6. The van der Waals surface area contributed by atoms with Gasteiger partial charge in [0.05, 0.1) is 17.8 Å². The molecule has 26 heavy (non-hydrogen) atoms. The van der Waals surface area contributed by atoms with Crippen molar-refractivity contribution >= 4 is 11.9 Å². The molecule has 1 atom stereocenters. The Hall–Kier alpha value is -1.48. The van der Waals surface area contributed by atoms with Gasteiger partial charge in [0.1, 0.15) is 5.92 Å². The standard InChI is InChI=1S/C18H32O8/c1-12(2)15(21)22-11-10-13(14(19)20)18(9,25-23-16(3,4)5)26-24-17(6,7)8/h13H,1,10-11H2,2-9H3,(H,19,20). The van der Waals surface area contributed by atoms with Crippen LogP contribution in [0.1, 0.15) is 61.8 Å². The zero-order valence-corrected chi connectivity index (χ0v) is 17.0. The first-order valence-electron chi connectivity index (χ1n) is 8.36. The average molecular weight is 376 g/mol. The van der Waals surface area contributed by atoms with Crippen LogP contribution in [-0.2, 0) is 33.9 Å². The SMILES string of the molecule is C=C(C)C(=O)OCCC(C(=O)O)C(C)(OOC(C)(C)C)OOC(C)(C)C. The van der Waals surface area contributed by atoms with E-state index in [1.807, 2.05) is 0 Å². The third kappa shape index (κ3) is 9.86. The van der Waals surface area contributed by atoms with Crippen molar-refractivity contribution in [2.45, 2.75) is 78.8 Å². The summed E-state index contributed by atoms with van der Waals surface area (Å²) < 4.78 is 4.98. The first-order chi connectivity index (χ1) is 11.6. The fourth-order valence-corrected chi connectivity index (χ4v) is 1.55. The minimum atomic E-state index is -1.78. The summed E-state index contributed by atoms with van der Waals surface area (Å²) >= 11 is 0. The van der Waals surface area contributed by atoms with Crippen LogP contribution in [0.3, 0.4) is 0 Å². The molecule has 0 saturated heterocycles. The van der Waals surface area contributed by atoms with E-state index in [0.717, 1.165) is 0 Å². The summed E-state index contributed by atoms with van der Waals surface area (Å²) in [4.78, 5) is 44.4. The van der Waals surface area contributed by atoms with Gasteiger partial charge in [-0.25, -0.2) is 14.6 Å². The van der Waals surface area contributed by atoms with E-state index >= 15 is 0 Å². The van der Waals surface area contributed by atoms with Crippen molar-refractivity contribution < 1.29 is 39.0 Å². The first kappa shape index (κ1) is 24.5. The number of carboxylic acid groups (broad SMARTS) is 1. The third-order valence-corrected chi connectivity index (χ3v) is 2.83. The van der Waals surface area contributed by atoms with Crippen molar-refractivity contribution in [3.63, 3.8) is 0 Å². The lowest BCUT2D eigenvalue weighted by Gasteiger charge is -2.36. The molecule has 152 valence electrons. The fourth-order valence-electron chi connectivity index (χ4n) is 1.55. The highest BCUT2D eigenvalue weighted by Crippen LogP contribution is 2.31. The van der Waals surface area contributed by atoms with E-state index in [4.69, 9.17) is 24.3 Å². The molecule has 1 N–H and O–H groups in total. The number of carboxylic acids is 1. The zero-order valence-electron chi connectivity index (χ0n) is 17.0. The van der Waals surface area contributed by atoms with Gasteiger partial charge in [-0.05, 0) is 55.4 Å². The molecule has 8 heteroatoms. The van der Waals surface area contributed by atoms with Crippen molar-refractivity contribution in [3.05, 3.63) is 12.2 Å². The van der Waals surface area contributed by atoms with Crippen molar-refractivity contribution in [1.29, 1.82) is 0 Å². The molecule has 0 spiro atoms. The van der Waals surface area contributed by atoms with Gasteiger partial charge in [0, 0.05) is 12.0 Å². The van der Waals surface area contributed by atoms with E-state index in [0.29, 0.717) is 0 Å². The maximum Gasteiger partial charge on any atom is 0.333 e. The van der Waals surface area contributed by atoms with E-state index < -0.39 is 34.8 Å². The quantitative estimate of drug-likeness (QED) is 0.203. The van der Waals surface area contributed by atoms with E-state index in [-0.39, 0.29) is 18.6 Å². The predicted octanol–water partition coefficient (Wildman–Crippen LogP) is 3.41. The molecule has 0 aliphatic heterocycles. The number of carbonyl (C=O) groups excluding carboxylic acids is 1. The summed E-state index contributed by atoms with van der Waals surface area (Å²) in [5, 5.41) is 9.61. The van der Waals surface area contributed by atoms with Crippen molar-refractivity contribution in [1.82, 2.24) is 0 Å². The van der Waals surface area contributed by atoms with Gasteiger partial charge in [0.25, 0.3) is 0 Å². The highest BCUT2D eigenvalue weighted by molar-refractivity contribution is 5.86. The van der Waals surface area contributed by atoms with Crippen LogP contribution in [0.25, 0.3) is 0 Å². The van der Waals surface area contributed by atoms with Crippen molar-refractivity contribution in [2.24, 2.45) is 5.92 Å². The highest BCUT2D eigenvalue weighted by Gasteiger charge is 2.46. The maximum atomic E-state index is 11.8. The molecule has 0 aliphatic rings. The third-order valence-electron chi connectivity index (χ3n) is 2.83. The van der Waals surface area contributed by atoms with E-state index in [1.54, 1.807) is 41.5 Å². The van der Waals surface area contributed by atoms with Gasteiger partial charge in [-0.15, -0.1) is 0 Å². The number of hydrogen-bond acceptors (Lipinski definition) is 7. The van der Waals surface area contributed by atoms with Crippen LogP contribution in [-0.4, -0.2) is 40.6 Å². The summed E-state index contributed by atoms with van der Waals surface area (Å²) in [5.41, 5.74) is -1.19. The Morgan fingerprint density at radius 3 is 1.65 bits per heavy atom. The lowest BCUT2D eigenvalue weighted by molar-refractivity contribution is -0.544. The molecule has 0 aromatic carbocycles. The summed E-state index contributed by atoms with van der Waals surface area (Å²) in [6.07, 6.45) is -0.0775. The Morgan fingerprint density at radius 1 is 0.923 bits per heavy atom. The largest absolute Gasteiger partial charge is 0.481 e. The Labute approximate surface area is 155 Å². The molecule has 0 aromatic heterocycles. The molecule has 0 aromatic rings. The normalized spacial score (nSPS) is 14.0. The van der Waals surface area contributed by atoms with Gasteiger partial charge in [-0.3, -0.25) is 4.79 Å². The van der Waals surface area contributed by atoms with Crippen molar-refractivity contribution in [2.75, 3.05) is 6.61 Å². The molecular formula is C18H32O8. The Balaban J connectivity index is 5.28. The van der Waals surface area contributed by atoms with Gasteiger partial charge in [-0.2, -0.15) is 9.78 Å². The molecule has 1 unspecified atom stereocenters. The molecule has 0 saturated carbocycles. The van der Waals surface area contributed by atoms with Gasteiger partial charge >= 0.3 is 11.9 Å². The Morgan fingerprint density at radius 2 is 1.35 bits per heavy atom. The fraction of sp³-hybridized carbons (Fsp3) is 0.778. The molecule has 0 rings (SSSR count). The topological polar surface area (TPSA) is 101 Å². The van der Waals surface area contributed by atoms with Crippen LogP contribution < -0.4 is 0 Å². The molecule has 0 amide bonds. The van der Waals surface area contributed by atoms with E-state index in [9.17, 15) is 14.7 Å². The van der Waals surface area contributed by atoms with Crippen LogP contribution in [0.2, 0.25) is 0 Å². The summed E-state index contributed by atoms with van der Waals surface area (Å²) in [7, 11) is 0. The number of ether oxygens (including phenoxy) is 1. The number of carbonyl (C=O) groups is 2. The lowest BCUT2D eigenvalue weighted by Crippen LogP contribution is -2.48. The number of aliphatic carboxylic acids is 1. The second-order valence-corrected chi connectivity index (χ2v) is 8.17. The average Bonchev–Trinajstić information content (AvgIpc) is 2.45. The molecular weight excluding hydrogens is 344 g/mol. The molecule has 0 bridgehead atoms. The monoisotopic (exact) mass is 376 g/mol. The smallest absolute Gasteiger partial charge is 0.333 e.